The summed E-state index contributed by atoms with van der Waals surface area (Å²) in [5.74, 6) is -0.889. The van der Waals surface area contributed by atoms with Crippen molar-refractivity contribution in [3.8, 4) is 0 Å². The summed E-state index contributed by atoms with van der Waals surface area (Å²) in [7, 11) is 2.97. The van der Waals surface area contributed by atoms with Crippen molar-refractivity contribution in [2.24, 2.45) is 4.99 Å². The highest BCUT2D eigenvalue weighted by Crippen LogP contribution is 2.34. The normalized spacial score (nSPS) is 24.3. The molecule has 4 heterocycles. The number of benzene rings is 1. The molecule has 2 fully saturated rings. The monoisotopic (exact) mass is 482 g/mol. The Labute approximate surface area is 198 Å². The minimum absolute atomic E-state index is 0.0189. The second-order valence-corrected chi connectivity index (χ2v) is 9.33. The molecule has 5 amide bonds. The molecule has 0 aliphatic carbocycles. The largest absolute Gasteiger partial charge is 0.338 e. The van der Waals surface area contributed by atoms with Crippen molar-refractivity contribution >= 4 is 52.2 Å². The Bertz CT molecular complexity index is 1180. The number of fused-ring (bicyclic) bond motifs is 1. The van der Waals surface area contributed by atoms with Crippen LogP contribution in [0.15, 0.2) is 35.3 Å². The van der Waals surface area contributed by atoms with E-state index >= 15 is 0 Å². The van der Waals surface area contributed by atoms with Crippen LogP contribution in [0.2, 0.25) is 0 Å². The summed E-state index contributed by atoms with van der Waals surface area (Å²) in [6.45, 7) is 0.367. The van der Waals surface area contributed by atoms with Gasteiger partial charge in [0.2, 0.25) is 16.9 Å². The fraction of sp³-hybridized carbons (Fsp3) is 0.381. The number of likely N-dealkylation sites (N-methyl/N-ethyl adjacent to an activating group) is 2. The third-order valence-corrected chi connectivity index (χ3v) is 7.13. The van der Waals surface area contributed by atoms with Crippen LogP contribution in [0.1, 0.15) is 17.3 Å². The number of anilines is 2. The third kappa shape index (κ3) is 3.77. The first-order chi connectivity index (χ1) is 16.3. The van der Waals surface area contributed by atoms with Crippen LogP contribution in [0.5, 0.6) is 0 Å². The van der Waals surface area contributed by atoms with Crippen LogP contribution in [0, 0.1) is 0 Å². The van der Waals surface area contributed by atoms with Gasteiger partial charge in [-0.1, -0.05) is 29.5 Å². The summed E-state index contributed by atoms with van der Waals surface area (Å²) in [5.41, 5.74) is 0.842. The molecule has 1 N–H and O–H groups in total. The van der Waals surface area contributed by atoms with Gasteiger partial charge in [0.1, 0.15) is 5.01 Å². The first-order valence-corrected chi connectivity index (χ1v) is 11.5. The lowest BCUT2D eigenvalue weighted by Crippen LogP contribution is -2.64. The van der Waals surface area contributed by atoms with Crippen molar-refractivity contribution in [1.29, 1.82) is 0 Å². The van der Waals surface area contributed by atoms with E-state index in [2.05, 4.69) is 20.5 Å². The maximum atomic E-state index is 12.7. The minimum atomic E-state index is -0.753. The van der Waals surface area contributed by atoms with Crippen LogP contribution in [-0.4, -0.2) is 94.4 Å². The molecule has 1 aromatic heterocycles. The number of imide groups is 1. The van der Waals surface area contributed by atoms with Gasteiger partial charge >= 0.3 is 6.03 Å². The first kappa shape index (κ1) is 21.9. The second-order valence-electron chi connectivity index (χ2n) is 8.32. The van der Waals surface area contributed by atoms with E-state index in [9.17, 15) is 19.2 Å². The van der Waals surface area contributed by atoms with Gasteiger partial charge in [0.25, 0.3) is 5.91 Å². The molecule has 34 heavy (non-hydrogen) atoms. The maximum absolute atomic E-state index is 12.7. The molecule has 2 aromatic rings. The van der Waals surface area contributed by atoms with Gasteiger partial charge in [0, 0.05) is 38.7 Å². The Morgan fingerprint density at radius 2 is 1.91 bits per heavy atom. The summed E-state index contributed by atoms with van der Waals surface area (Å²) in [4.78, 5) is 59.7. The van der Waals surface area contributed by atoms with Gasteiger partial charge < -0.3 is 14.7 Å². The van der Waals surface area contributed by atoms with Crippen LogP contribution in [0.25, 0.3) is 0 Å². The molecule has 3 unspecified atom stereocenters. The van der Waals surface area contributed by atoms with E-state index in [4.69, 9.17) is 0 Å². The lowest BCUT2D eigenvalue weighted by Gasteiger charge is -2.39. The molecule has 2 saturated heterocycles. The summed E-state index contributed by atoms with van der Waals surface area (Å²) < 4.78 is 0. The lowest BCUT2D eigenvalue weighted by atomic mass is 10.1. The number of carbonyl (C=O) groups excluding carboxylic acids is 4. The van der Waals surface area contributed by atoms with E-state index in [0.29, 0.717) is 23.1 Å². The summed E-state index contributed by atoms with van der Waals surface area (Å²) in [6.07, 6.45) is 1.08. The van der Waals surface area contributed by atoms with Gasteiger partial charge in [-0.2, -0.15) is 0 Å². The Morgan fingerprint density at radius 3 is 2.68 bits per heavy atom. The standard InChI is InChI=1S/C21H22N8O4S/c1-26-17-16(19(32)27(2)21(26)33)28(11-22-17)10-14(30)23-20-25-24-18(34-20)12-8-15(31)29(9-12)13-6-4-3-5-7-13/h3-7,11-12,16-17H,8-10H2,1-2H3,(H,23,25,30). The average Bonchev–Trinajstić information content (AvgIpc) is 3.55. The minimum Gasteiger partial charge on any atom is -0.338 e. The number of hydrogen-bond acceptors (Lipinski definition) is 9. The molecule has 12 nitrogen and oxygen atoms in total. The van der Waals surface area contributed by atoms with Crippen molar-refractivity contribution in [2.75, 3.05) is 37.4 Å². The van der Waals surface area contributed by atoms with Gasteiger partial charge in [0.15, 0.2) is 12.2 Å². The topological polar surface area (TPSA) is 131 Å². The lowest BCUT2D eigenvalue weighted by molar-refractivity contribution is -0.136. The van der Waals surface area contributed by atoms with Crippen molar-refractivity contribution < 1.29 is 19.2 Å². The van der Waals surface area contributed by atoms with Gasteiger partial charge in [-0.15, -0.1) is 10.2 Å². The Morgan fingerprint density at radius 1 is 1.15 bits per heavy atom. The molecule has 13 heteroatoms. The van der Waals surface area contributed by atoms with E-state index in [1.54, 1.807) is 11.9 Å². The highest BCUT2D eigenvalue weighted by Gasteiger charge is 2.48. The molecule has 3 atom stereocenters. The molecule has 0 bridgehead atoms. The van der Waals surface area contributed by atoms with Crippen molar-refractivity contribution in [3.63, 3.8) is 0 Å². The number of urea groups is 1. The molecule has 0 radical (unpaired) electrons. The van der Waals surface area contributed by atoms with E-state index in [-0.39, 0.29) is 18.4 Å². The summed E-state index contributed by atoms with van der Waals surface area (Å²) >= 11 is 1.23. The number of aliphatic imine (C=N–C) groups is 1. The fourth-order valence-electron chi connectivity index (χ4n) is 4.35. The molecule has 3 aliphatic rings. The molecule has 0 saturated carbocycles. The SMILES string of the molecule is CN1C(=O)C2C(N=CN2CC(=O)Nc2nnc(C3CC(=O)N(c4ccccc4)C3)s2)N(C)C1=O. The van der Waals surface area contributed by atoms with E-state index in [1.807, 2.05) is 30.3 Å². The Balaban J connectivity index is 1.21. The highest BCUT2D eigenvalue weighted by molar-refractivity contribution is 7.15. The van der Waals surface area contributed by atoms with Gasteiger partial charge in [-0.3, -0.25) is 24.6 Å². The van der Waals surface area contributed by atoms with Crippen LogP contribution >= 0.6 is 11.3 Å². The zero-order valence-electron chi connectivity index (χ0n) is 18.5. The zero-order valence-corrected chi connectivity index (χ0v) is 19.3. The predicted octanol–water partition coefficient (Wildman–Crippen LogP) is 0.559. The van der Waals surface area contributed by atoms with Crippen LogP contribution in [0.4, 0.5) is 15.6 Å². The molecule has 1 aromatic carbocycles. The molecule has 176 valence electrons. The number of nitrogens with zero attached hydrogens (tertiary/aromatic N) is 7. The molecular formula is C21H22N8O4S. The number of hydrogen-bond donors (Lipinski definition) is 1. The second kappa shape index (κ2) is 8.48. The fourth-order valence-corrected chi connectivity index (χ4v) is 5.20. The van der Waals surface area contributed by atoms with Crippen molar-refractivity contribution in [1.82, 2.24) is 24.9 Å². The Hall–Kier alpha value is -3.87. The zero-order chi connectivity index (χ0) is 24.0. The summed E-state index contributed by atoms with van der Waals surface area (Å²) in [6, 6.07) is 8.26. The van der Waals surface area contributed by atoms with Crippen LogP contribution in [-0.2, 0) is 14.4 Å². The number of rotatable bonds is 5. The molecule has 3 aliphatic heterocycles. The van der Waals surface area contributed by atoms with Gasteiger partial charge in [0.05, 0.1) is 12.9 Å². The van der Waals surface area contributed by atoms with Crippen LogP contribution < -0.4 is 10.2 Å². The van der Waals surface area contributed by atoms with E-state index in [1.165, 1.54) is 34.5 Å². The maximum Gasteiger partial charge on any atom is 0.328 e. The number of para-hydroxylation sites is 1. The first-order valence-electron chi connectivity index (χ1n) is 10.7. The highest BCUT2D eigenvalue weighted by atomic mass is 32.1. The quantitative estimate of drug-likeness (QED) is 0.659. The van der Waals surface area contributed by atoms with E-state index < -0.39 is 30.1 Å². The van der Waals surface area contributed by atoms with Crippen molar-refractivity contribution in [3.05, 3.63) is 35.3 Å². The molecule has 5 rings (SSSR count). The average molecular weight is 483 g/mol. The van der Waals surface area contributed by atoms with Crippen LogP contribution in [0.3, 0.4) is 0 Å². The summed E-state index contributed by atoms with van der Waals surface area (Å²) in [5, 5.41) is 11.9. The van der Waals surface area contributed by atoms with Gasteiger partial charge in [-0.05, 0) is 12.1 Å². The number of nitrogens with one attached hydrogen (secondary N) is 1. The Kier molecular flexibility index (Phi) is 5.48. The van der Waals surface area contributed by atoms with E-state index in [0.717, 1.165) is 10.6 Å². The van der Waals surface area contributed by atoms with Crippen molar-refractivity contribution in [2.45, 2.75) is 24.5 Å². The van der Waals surface area contributed by atoms with Gasteiger partial charge in [-0.25, -0.2) is 9.79 Å². The predicted molar refractivity (Wildman–Crippen MR) is 123 cm³/mol. The number of carbonyl (C=O) groups is 4. The molecule has 0 spiro atoms. The molecular weight excluding hydrogens is 460 g/mol. The number of aromatic nitrogens is 2. The smallest absolute Gasteiger partial charge is 0.328 e. The number of amides is 5. The third-order valence-electron chi connectivity index (χ3n) is 6.13.